The van der Waals surface area contributed by atoms with Gasteiger partial charge < -0.3 is 5.32 Å². The first-order chi connectivity index (χ1) is 14.5. The van der Waals surface area contributed by atoms with Crippen molar-refractivity contribution in [3.8, 4) is 11.3 Å². The van der Waals surface area contributed by atoms with E-state index in [4.69, 9.17) is 0 Å². The fourth-order valence-electron chi connectivity index (χ4n) is 3.57. The van der Waals surface area contributed by atoms with Gasteiger partial charge in [0.15, 0.2) is 5.65 Å². The van der Waals surface area contributed by atoms with E-state index in [2.05, 4.69) is 25.5 Å². The van der Waals surface area contributed by atoms with Gasteiger partial charge in [0.2, 0.25) is 5.91 Å². The SMILES string of the molecule is Cc1nn(C)c(C)c1CCC(=O)NCCc1cc2nc(-c3ccncc3)ccn2n1. The molecule has 154 valence electrons. The minimum absolute atomic E-state index is 0.0412. The van der Waals surface area contributed by atoms with Gasteiger partial charge in [0.25, 0.3) is 0 Å². The summed E-state index contributed by atoms with van der Waals surface area (Å²) in [4.78, 5) is 20.9. The maximum atomic E-state index is 12.2. The zero-order chi connectivity index (χ0) is 21.1. The van der Waals surface area contributed by atoms with Crippen LogP contribution in [-0.4, -0.2) is 41.8 Å². The van der Waals surface area contributed by atoms with Crippen LogP contribution in [-0.2, 0) is 24.7 Å². The van der Waals surface area contributed by atoms with Gasteiger partial charge in [-0.15, -0.1) is 0 Å². The van der Waals surface area contributed by atoms with E-state index in [1.807, 2.05) is 56.0 Å². The van der Waals surface area contributed by atoms with E-state index in [-0.39, 0.29) is 5.91 Å². The van der Waals surface area contributed by atoms with Gasteiger partial charge in [-0.25, -0.2) is 9.50 Å². The Balaban J connectivity index is 1.32. The van der Waals surface area contributed by atoms with Gasteiger partial charge in [-0.3, -0.25) is 14.5 Å². The summed E-state index contributed by atoms with van der Waals surface area (Å²) in [7, 11) is 1.93. The van der Waals surface area contributed by atoms with Crippen molar-refractivity contribution in [2.24, 2.45) is 7.05 Å². The molecule has 4 aromatic rings. The summed E-state index contributed by atoms with van der Waals surface area (Å²) in [5.74, 6) is 0.0412. The third-order valence-electron chi connectivity index (χ3n) is 5.32. The second kappa shape index (κ2) is 8.44. The molecule has 0 atom stereocenters. The summed E-state index contributed by atoms with van der Waals surface area (Å²) >= 11 is 0. The molecular weight excluding hydrogens is 378 g/mol. The molecule has 0 aliphatic rings. The molecule has 0 unspecified atom stereocenters. The lowest BCUT2D eigenvalue weighted by molar-refractivity contribution is -0.121. The molecule has 0 fully saturated rings. The lowest BCUT2D eigenvalue weighted by atomic mass is 10.1. The van der Waals surface area contributed by atoms with Gasteiger partial charge in [-0.2, -0.15) is 10.2 Å². The van der Waals surface area contributed by atoms with Gasteiger partial charge in [0, 0.05) is 62.3 Å². The minimum atomic E-state index is 0.0412. The minimum Gasteiger partial charge on any atom is -0.356 e. The molecule has 30 heavy (non-hydrogen) atoms. The fourth-order valence-corrected chi connectivity index (χ4v) is 3.57. The Morgan fingerprint density at radius 2 is 1.90 bits per heavy atom. The zero-order valence-corrected chi connectivity index (χ0v) is 17.5. The highest BCUT2D eigenvalue weighted by Gasteiger charge is 2.11. The summed E-state index contributed by atoms with van der Waals surface area (Å²) in [5, 5.41) is 11.9. The Bertz CT molecular complexity index is 1180. The third-order valence-corrected chi connectivity index (χ3v) is 5.32. The number of carbonyl (C=O) groups is 1. The van der Waals surface area contributed by atoms with E-state index in [1.165, 1.54) is 0 Å². The quantitative estimate of drug-likeness (QED) is 0.512. The third kappa shape index (κ3) is 4.22. The molecule has 0 radical (unpaired) electrons. The average Bonchev–Trinajstić information content (AvgIpc) is 3.26. The molecule has 4 rings (SSSR count). The second-order valence-corrected chi connectivity index (χ2v) is 7.36. The van der Waals surface area contributed by atoms with Crippen LogP contribution >= 0.6 is 0 Å². The van der Waals surface area contributed by atoms with Crippen LogP contribution in [0.3, 0.4) is 0 Å². The van der Waals surface area contributed by atoms with Crippen molar-refractivity contribution in [3.05, 3.63) is 65.5 Å². The van der Waals surface area contributed by atoms with Crippen LogP contribution in [0, 0.1) is 13.8 Å². The van der Waals surface area contributed by atoms with Gasteiger partial charge in [-0.05, 0) is 44.0 Å². The molecule has 4 heterocycles. The Morgan fingerprint density at radius 1 is 1.10 bits per heavy atom. The largest absolute Gasteiger partial charge is 0.356 e. The summed E-state index contributed by atoms with van der Waals surface area (Å²) in [6.07, 6.45) is 7.22. The normalized spacial score (nSPS) is 11.2. The molecule has 0 aromatic carbocycles. The summed E-state index contributed by atoms with van der Waals surface area (Å²) in [6, 6.07) is 7.75. The van der Waals surface area contributed by atoms with E-state index in [9.17, 15) is 4.79 Å². The first-order valence-corrected chi connectivity index (χ1v) is 10.0. The zero-order valence-electron chi connectivity index (χ0n) is 17.5. The van der Waals surface area contributed by atoms with Crippen LogP contribution in [0.2, 0.25) is 0 Å². The van der Waals surface area contributed by atoms with Crippen molar-refractivity contribution in [2.45, 2.75) is 33.1 Å². The van der Waals surface area contributed by atoms with Crippen LogP contribution < -0.4 is 5.32 Å². The molecule has 8 nitrogen and oxygen atoms in total. The Kier molecular flexibility index (Phi) is 5.56. The number of rotatable bonds is 7. The summed E-state index contributed by atoms with van der Waals surface area (Å²) in [6.45, 7) is 4.56. The van der Waals surface area contributed by atoms with E-state index in [0.29, 0.717) is 25.8 Å². The second-order valence-electron chi connectivity index (χ2n) is 7.36. The molecule has 8 heteroatoms. The van der Waals surface area contributed by atoms with Crippen molar-refractivity contribution in [1.29, 1.82) is 0 Å². The fraction of sp³-hybridized carbons (Fsp3) is 0.318. The monoisotopic (exact) mass is 403 g/mol. The number of nitrogens with one attached hydrogen (secondary N) is 1. The van der Waals surface area contributed by atoms with E-state index < -0.39 is 0 Å². The Labute approximate surface area is 175 Å². The maximum Gasteiger partial charge on any atom is 0.220 e. The van der Waals surface area contributed by atoms with Crippen molar-refractivity contribution in [2.75, 3.05) is 6.54 Å². The number of amides is 1. The number of nitrogens with zero attached hydrogens (tertiary/aromatic N) is 6. The van der Waals surface area contributed by atoms with Gasteiger partial charge in [0.05, 0.1) is 17.1 Å². The number of aryl methyl sites for hydroxylation is 2. The molecule has 0 aliphatic heterocycles. The number of carbonyl (C=O) groups excluding carboxylic acids is 1. The predicted octanol–water partition coefficient (Wildman–Crippen LogP) is 2.43. The highest BCUT2D eigenvalue weighted by molar-refractivity contribution is 5.76. The smallest absolute Gasteiger partial charge is 0.220 e. The van der Waals surface area contributed by atoms with Gasteiger partial charge in [0.1, 0.15) is 0 Å². The number of fused-ring (bicyclic) bond motifs is 1. The highest BCUT2D eigenvalue weighted by atomic mass is 16.1. The van der Waals surface area contributed by atoms with Crippen LogP contribution in [0.1, 0.15) is 29.1 Å². The van der Waals surface area contributed by atoms with E-state index in [1.54, 1.807) is 16.9 Å². The van der Waals surface area contributed by atoms with E-state index >= 15 is 0 Å². The lowest BCUT2D eigenvalue weighted by Gasteiger charge is -2.05. The van der Waals surface area contributed by atoms with Crippen LogP contribution in [0.4, 0.5) is 0 Å². The molecule has 0 saturated carbocycles. The standard InChI is InChI=1S/C22H25N7O/c1-15-19(16(2)28(3)26-15)4-5-22(30)24-12-8-18-14-21-25-20(9-13-29(21)27-18)17-6-10-23-11-7-17/h6-7,9-11,13-14H,4-5,8,12H2,1-3H3,(H,24,30). The van der Waals surface area contributed by atoms with E-state index in [0.717, 1.165) is 39.5 Å². The van der Waals surface area contributed by atoms with Crippen molar-refractivity contribution in [3.63, 3.8) is 0 Å². The van der Waals surface area contributed by atoms with Crippen LogP contribution in [0.5, 0.6) is 0 Å². The molecule has 1 amide bonds. The lowest BCUT2D eigenvalue weighted by Crippen LogP contribution is -2.26. The van der Waals surface area contributed by atoms with Crippen molar-refractivity contribution < 1.29 is 4.79 Å². The Hall–Kier alpha value is -3.55. The number of hydrogen-bond acceptors (Lipinski definition) is 5. The number of aromatic nitrogens is 6. The van der Waals surface area contributed by atoms with Crippen molar-refractivity contribution in [1.82, 2.24) is 34.7 Å². The number of pyridine rings is 1. The molecule has 0 saturated heterocycles. The summed E-state index contributed by atoms with van der Waals surface area (Å²) < 4.78 is 3.62. The topological polar surface area (TPSA) is 90.0 Å². The van der Waals surface area contributed by atoms with Crippen LogP contribution in [0.25, 0.3) is 16.9 Å². The first-order valence-electron chi connectivity index (χ1n) is 10.0. The predicted molar refractivity (Wildman–Crippen MR) is 114 cm³/mol. The highest BCUT2D eigenvalue weighted by Crippen LogP contribution is 2.17. The van der Waals surface area contributed by atoms with Crippen LogP contribution in [0.15, 0.2) is 42.9 Å². The molecule has 0 spiro atoms. The molecule has 0 bridgehead atoms. The Morgan fingerprint density at radius 3 is 2.63 bits per heavy atom. The van der Waals surface area contributed by atoms with Crippen molar-refractivity contribution >= 4 is 11.6 Å². The molecule has 1 N–H and O–H groups in total. The average molecular weight is 403 g/mol. The maximum absolute atomic E-state index is 12.2. The molecule has 0 aliphatic carbocycles. The molecular formula is C22H25N7O. The number of hydrogen-bond donors (Lipinski definition) is 1. The van der Waals surface area contributed by atoms with Gasteiger partial charge in [-0.1, -0.05) is 0 Å². The first kappa shape index (κ1) is 19.8. The molecule has 4 aromatic heterocycles. The van der Waals surface area contributed by atoms with Gasteiger partial charge >= 0.3 is 0 Å². The summed E-state index contributed by atoms with van der Waals surface area (Å²) in [5.41, 5.74) is 6.84.